The molecule has 0 saturated heterocycles. The average molecular weight is 316 g/mol. The minimum atomic E-state index is -2.98. The normalized spacial score (nSPS) is 12.4. The van der Waals surface area contributed by atoms with Crippen molar-refractivity contribution in [3.8, 4) is 5.75 Å². The molecule has 0 aromatic heterocycles. The smallest absolute Gasteiger partial charge is 0.387 e. The van der Waals surface area contributed by atoms with Crippen LogP contribution in [0.25, 0.3) is 0 Å². The van der Waals surface area contributed by atoms with Crippen LogP contribution in [0.2, 0.25) is 0 Å². The standard InChI is InChI=1S/C15H22F2N2O3/c1-9(2)7-11(8-20)18-15(21)19-13-10(3)5-4-6-12(13)22-14(16)17/h4-6,9,11,14,20H,7-8H2,1-3H3,(H2,18,19,21). The van der Waals surface area contributed by atoms with Gasteiger partial charge in [-0.15, -0.1) is 0 Å². The van der Waals surface area contributed by atoms with E-state index >= 15 is 0 Å². The highest BCUT2D eigenvalue weighted by Crippen LogP contribution is 2.29. The van der Waals surface area contributed by atoms with Gasteiger partial charge in [0, 0.05) is 0 Å². The van der Waals surface area contributed by atoms with E-state index in [0.717, 1.165) is 0 Å². The Morgan fingerprint density at radius 2 is 2.05 bits per heavy atom. The number of aliphatic hydroxyl groups is 1. The van der Waals surface area contributed by atoms with Crippen molar-refractivity contribution in [2.24, 2.45) is 5.92 Å². The van der Waals surface area contributed by atoms with E-state index in [-0.39, 0.29) is 18.0 Å². The van der Waals surface area contributed by atoms with Gasteiger partial charge in [-0.25, -0.2) is 4.79 Å². The highest BCUT2D eigenvalue weighted by molar-refractivity contribution is 5.92. The number of halogens is 2. The van der Waals surface area contributed by atoms with E-state index in [2.05, 4.69) is 15.4 Å². The fourth-order valence-corrected chi connectivity index (χ4v) is 2.08. The molecule has 124 valence electrons. The molecule has 22 heavy (non-hydrogen) atoms. The lowest BCUT2D eigenvalue weighted by atomic mass is 10.0. The van der Waals surface area contributed by atoms with Crippen molar-refractivity contribution in [3.05, 3.63) is 23.8 Å². The number of carbonyl (C=O) groups is 1. The predicted molar refractivity (Wildman–Crippen MR) is 80.3 cm³/mol. The molecule has 1 atom stereocenters. The van der Waals surface area contributed by atoms with Crippen LogP contribution in [0.15, 0.2) is 18.2 Å². The summed E-state index contributed by atoms with van der Waals surface area (Å²) in [6.07, 6.45) is 0.609. The molecule has 0 saturated carbocycles. The minimum absolute atomic E-state index is 0.102. The molecule has 3 N–H and O–H groups in total. The summed E-state index contributed by atoms with van der Waals surface area (Å²) in [4.78, 5) is 12.0. The van der Waals surface area contributed by atoms with Crippen LogP contribution in [0.3, 0.4) is 0 Å². The van der Waals surface area contributed by atoms with Crippen LogP contribution in [0, 0.1) is 12.8 Å². The van der Waals surface area contributed by atoms with Gasteiger partial charge in [-0.3, -0.25) is 0 Å². The second-order valence-corrected chi connectivity index (χ2v) is 5.43. The number of benzene rings is 1. The number of hydrogen-bond acceptors (Lipinski definition) is 3. The summed E-state index contributed by atoms with van der Waals surface area (Å²) in [7, 11) is 0. The van der Waals surface area contributed by atoms with Crippen LogP contribution >= 0.6 is 0 Å². The monoisotopic (exact) mass is 316 g/mol. The van der Waals surface area contributed by atoms with Gasteiger partial charge in [-0.05, 0) is 30.9 Å². The third-order valence-corrected chi connectivity index (χ3v) is 3.00. The maximum atomic E-state index is 12.4. The van der Waals surface area contributed by atoms with Gasteiger partial charge in [0.1, 0.15) is 5.75 Å². The summed E-state index contributed by atoms with van der Waals surface area (Å²) in [6.45, 7) is 2.44. The van der Waals surface area contributed by atoms with E-state index < -0.39 is 18.7 Å². The van der Waals surface area contributed by atoms with E-state index in [4.69, 9.17) is 0 Å². The fourth-order valence-electron chi connectivity index (χ4n) is 2.08. The Hall–Kier alpha value is -1.89. The minimum Gasteiger partial charge on any atom is -0.433 e. The van der Waals surface area contributed by atoms with Crippen molar-refractivity contribution in [2.45, 2.75) is 39.8 Å². The molecule has 0 spiro atoms. The number of alkyl halides is 2. The molecule has 0 aliphatic heterocycles. The van der Waals surface area contributed by atoms with Crippen LogP contribution in [0.4, 0.5) is 19.3 Å². The molecule has 2 amide bonds. The van der Waals surface area contributed by atoms with Crippen LogP contribution < -0.4 is 15.4 Å². The third kappa shape index (κ3) is 5.85. The molecular weight excluding hydrogens is 294 g/mol. The lowest BCUT2D eigenvalue weighted by molar-refractivity contribution is -0.0493. The van der Waals surface area contributed by atoms with Gasteiger partial charge in [-0.1, -0.05) is 26.0 Å². The highest BCUT2D eigenvalue weighted by Gasteiger charge is 2.17. The Kier molecular flexibility index (Phi) is 7.04. The van der Waals surface area contributed by atoms with Gasteiger partial charge in [0.2, 0.25) is 0 Å². The van der Waals surface area contributed by atoms with Gasteiger partial charge in [0.05, 0.1) is 18.3 Å². The molecule has 1 unspecified atom stereocenters. The van der Waals surface area contributed by atoms with E-state index in [1.807, 2.05) is 13.8 Å². The highest BCUT2D eigenvalue weighted by atomic mass is 19.3. The summed E-state index contributed by atoms with van der Waals surface area (Å²) in [5.41, 5.74) is 0.777. The number of aryl methyl sites for hydroxylation is 1. The molecule has 1 aromatic carbocycles. The van der Waals surface area contributed by atoms with Crippen LogP contribution in [0.5, 0.6) is 5.75 Å². The zero-order valence-corrected chi connectivity index (χ0v) is 12.9. The van der Waals surface area contributed by atoms with Crippen LogP contribution in [-0.2, 0) is 0 Å². The number of hydrogen-bond donors (Lipinski definition) is 3. The van der Waals surface area contributed by atoms with E-state index in [0.29, 0.717) is 17.9 Å². The lowest BCUT2D eigenvalue weighted by Crippen LogP contribution is -2.41. The van der Waals surface area contributed by atoms with Gasteiger partial charge in [0.25, 0.3) is 0 Å². The second kappa shape index (κ2) is 8.53. The van der Waals surface area contributed by atoms with Crippen LogP contribution in [0.1, 0.15) is 25.8 Å². The van der Waals surface area contributed by atoms with Gasteiger partial charge < -0.3 is 20.5 Å². The number of carbonyl (C=O) groups excluding carboxylic acids is 1. The molecule has 0 bridgehead atoms. The average Bonchev–Trinajstić information content (AvgIpc) is 2.40. The molecule has 0 fully saturated rings. The first kappa shape index (κ1) is 18.2. The summed E-state index contributed by atoms with van der Waals surface area (Å²) in [6, 6.07) is 3.61. The summed E-state index contributed by atoms with van der Waals surface area (Å²) in [5, 5.41) is 14.4. The zero-order valence-electron chi connectivity index (χ0n) is 12.9. The summed E-state index contributed by atoms with van der Waals surface area (Å²) in [5.74, 6) is 0.197. The van der Waals surface area contributed by atoms with Crippen molar-refractivity contribution < 1.29 is 23.4 Å². The zero-order chi connectivity index (χ0) is 16.7. The van der Waals surface area contributed by atoms with E-state index in [9.17, 15) is 18.7 Å². The maximum Gasteiger partial charge on any atom is 0.387 e. The van der Waals surface area contributed by atoms with Crippen molar-refractivity contribution >= 4 is 11.7 Å². The van der Waals surface area contributed by atoms with Crippen molar-refractivity contribution in [3.63, 3.8) is 0 Å². The van der Waals surface area contributed by atoms with E-state index in [1.165, 1.54) is 6.07 Å². The lowest BCUT2D eigenvalue weighted by Gasteiger charge is -2.20. The molecule has 1 aromatic rings. The Labute approximate surface area is 128 Å². The van der Waals surface area contributed by atoms with Crippen molar-refractivity contribution in [1.29, 1.82) is 0 Å². The number of ether oxygens (including phenoxy) is 1. The number of rotatable bonds is 7. The molecule has 7 heteroatoms. The first-order chi connectivity index (χ1) is 10.3. The number of urea groups is 1. The first-order valence-electron chi connectivity index (χ1n) is 7.06. The van der Waals surface area contributed by atoms with Crippen molar-refractivity contribution in [2.75, 3.05) is 11.9 Å². The largest absolute Gasteiger partial charge is 0.433 e. The van der Waals surface area contributed by atoms with E-state index in [1.54, 1.807) is 19.1 Å². The molecule has 0 heterocycles. The third-order valence-electron chi connectivity index (χ3n) is 3.00. The number of anilines is 1. The quantitative estimate of drug-likeness (QED) is 0.724. The van der Waals surface area contributed by atoms with Gasteiger partial charge >= 0.3 is 12.6 Å². The summed E-state index contributed by atoms with van der Waals surface area (Å²) >= 11 is 0. The van der Waals surface area contributed by atoms with Gasteiger partial charge in [-0.2, -0.15) is 8.78 Å². The molecule has 0 radical (unpaired) electrons. The number of nitrogens with one attached hydrogen (secondary N) is 2. The molecule has 1 rings (SSSR count). The maximum absolute atomic E-state index is 12.4. The first-order valence-corrected chi connectivity index (χ1v) is 7.06. The molecule has 0 aliphatic rings. The van der Waals surface area contributed by atoms with Crippen molar-refractivity contribution in [1.82, 2.24) is 5.32 Å². The second-order valence-electron chi connectivity index (χ2n) is 5.43. The molecule has 0 aliphatic carbocycles. The number of para-hydroxylation sites is 1. The summed E-state index contributed by atoms with van der Waals surface area (Å²) < 4.78 is 29.2. The Morgan fingerprint density at radius 3 is 2.59 bits per heavy atom. The van der Waals surface area contributed by atoms with Gasteiger partial charge in [0.15, 0.2) is 0 Å². The topological polar surface area (TPSA) is 70.6 Å². The van der Waals surface area contributed by atoms with Crippen LogP contribution in [-0.4, -0.2) is 30.4 Å². The Balaban J connectivity index is 2.78. The molecule has 5 nitrogen and oxygen atoms in total. The molecular formula is C15H22F2N2O3. The SMILES string of the molecule is Cc1cccc(OC(F)F)c1NC(=O)NC(CO)CC(C)C. The Morgan fingerprint density at radius 1 is 1.36 bits per heavy atom. The Bertz CT molecular complexity index is 496. The predicted octanol–water partition coefficient (Wildman–Crippen LogP) is 3.12. The number of aliphatic hydroxyl groups excluding tert-OH is 1. The number of amides is 2. The fraction of sp³-hybridized carbons (Fsp3) is 0.533.